The minimum atomic E-state index is -0.515. The number of hydrogen-bond donors (Lipinski definition) is 2. The Kier molecular flexibility index (Phi) is 6.30. The van der Waals surface area contributed by atoms with E-state index in [2.05, 4.69) is 5.32 Å². The van der Waals surface area contributed by atoms with Crippen molar-refractivity contribution in [1.29, 1.82) is 0 Å². The fourth-order valence-electron chi connectivity index (χ4n) is 2.30. The summed E-state index contributed by atoms with van der Waals surface area (Å²) in [5.74, 6) is 0.720. The zero-order valence-electron chi connectivity index (χ0n) is 12.5. The van der Waals surface area contributed by atoms with Crippen LogP contribution in [0.15, 0.2) is 24.3 Å². The minimum absolute atomic E-state index is 0.277. The van der Waals surface area contributed by atoms with Crippen molar-refractivity contribution < 1.29 is 14.6 Å². The van der Waals surface area contributed by atoms with E-state index in [9.17, 15) is 5.11 Å². The van der Waals surface area contributed by atoms with Crippen LogP contribution < -0.4 is 10.1 Å². The highest BCUT2D eigenvalue weighted by Crippen LogP contribution is 2.48. The molecule has 0 spiro atoms. The largest absolute Gasteiger partial charge is 0.491 e. The molecule has 0 bridgehead atoms. The van der Waals surface area contributed by atoms with E-state index < -0.39 is 6.10 Å². The van der Waals surface area contributed by atoms with Crippen LogP contribution in [0.2, 0.25) is 5.02 Å². The molecule has 0 aliphatic heterocycles. The molecule has 4 nitrogen and oxygen atoms in total. The van der Waals surface area contributed by atoms with Gasteiger partial charge in [0.1, 0.15) is 18.5 Å². The summed E-state index contributed by atoms with van der Waals surface area (Å²) in [6.45, 7) is 2.57. The molecule has 2 rings (SSSR count). The molecule has 118 valence electrons. The molecule has 0 saturated heterocycles. The van der Waals surface area contributed by atoms with E-state index >= 15 is 0 Å². The topological polar surface area (TPSA) is 50.7 Å². The fraction of sp³-hybridized carbons (Fsp3) is 0.625. The van der Waals surface area contributed by atoms with Crippen molar-refractivity contribution in [2.24, 2.45) is 5.41 Å². The van der Waals surface area contributed by atoms with Crippen LogP contribution >= 0.6 is 11.6 Å². The molecule has 1 aromatic carbocycles. The average Bonchev–Trinajstić information content (AvgIpc) is 3.25. The van der Waals surface area contributed by atoms with Gasteiger partial charge in [-0.3, -0.25) is 0 Å². The summed E-state index contributed by atoms with van der Waals surface area (Å²) >= 11 is 5.80. The van der Waals surface area contributed by atoms with E-state index in [4.69, 9.17) is 21.1 Å². The molecule has 1 unspecified atom stereocenters. The minimum Gasteiger partial charge on any atom is -0.491 e. The highest BCUT2D eigenvalue weighted by molar-refractivity contribution is 6.30. The lowest BCUT2D eigenvalue weighted by Gasteiger charge is -2.18. The third-order valence-corrected chi connectivity index (χ3v) is 4.18. The number of aliphatic hydroxyl groups is 1. The van der Waals surface area contributed by atoms with Gasteiger partial charge in [-0.05, 0) is 48.9 Å². The molecule has 1 aromatic rings. The fourth-order valence-corrected chi connectivity index (χ4v) is 2.42. The van der Waals surface area contributed by atoms with Gasteiger partial charge in [-0.15, -0.1) is 0 Å². The van der Waals surface area contributed by atoms with Gasteiger partial charge in [0.25, 0.3) is 0 Å². The third-order valence-electron chi connectivity index (χ3n) is 3.93. The lowest BCUT2D eigenvalue weighted by Crippen LogP contribution is -2.35. The predicted octanol–water partition coefficient (Wildman–Crippen LogP) is 2.49. The molecule has 1 aliphatic carbocycles. The smallest absolute Gasteiger partial charge is 0.119 e. The zero-order chi connectivity index (χ0) is 15.1. The number of ether oxygens (including phenoxy) is 2. The van der Waals surface area contributed by atoms with Crippen LogP contribution in [0, 0.1) is 5.41 Å². The van der Waals surface area contributed by atoms with Crippen LogP contribution in [0.5, 0.6) is 5.75 Å². The summed E-state index contributed by atoms with van der Waals surface area (Å²) in [6, 6.07) is 7.14. The first-order valence-electron chi connectivity index (χ1n) is 7.40. The number of aliphatic hydroxyl groups excluding tert-OH is 1. The molecule has 5 heteroatoms. The maximum atomic E-state index is 9.92. The van der Waals surface area contributed by atoms with Crippen molar-refractivity contribution in [1.82, 2.24) is 5.32 Å². The molecule has 2 N–H and O–H groups in total. The number of benzene rings is 1. The van der Waals surface area contributed by atoms with Gasteiger partial charge in [0.15, 0.2) is 0 Å². The number of rotatable bonds is 10. The van der Waals surface area contributed by atoms with E-state index in [0.29, 0.717) is 17.0 Å². The first-order valence-corrected chi connectivity index (χ1v) is 7.77. The van der Waals surface area contributed by atoms with Crippen molar-refractivity contribution in [2.75, 3.05) is 33.4 Å². The standard InChI is InChI=1S/C16H24ClNO3/c1-20-9-8-16(6-7-16)12-18-10-14(19)11-21-15-4-2-13(17)3-5-15/h2-5,14,18-19H,6-12H2,1H3. The monoisotopic (exact) mass is 313 g/mol. The molecular formula is C16H24ClNO3. The van der Waals surface area contributed by atoms with Gasteiger partial charge in [-0.25, -0.2) is 0 Å². The summed E-state index contributed by atoms with van der Waals surface area (Å²) in [4.78, 5) is 0. The van der Waals surface area contributed by atoms with Crippen LogP contribution in [0.4, 0.5) is 0 Å². The van der Waals surface area contributed by atoms with Gasteiger partial charge < -0.3 is 19.9 Å². The van der Waals surface area contributed by atoms with E-state index in [-0.39, 0.29) is 6.61 Å². The van der Waals surface area contributed by atoms with Crippen LogP contribution in [-0.4, -0.2) is 44.6 Å². The molecule has 0 aromatic heterocycles. The van der Waals surface area contributed by atoms with Crippen molar-refractivity contribution in [3.8, 4) is 5.75 Å². The highest BCUT2D eigenvalue weighted by Gasteiger charge is 2.41. The molecule has 0 amide bonds. The van der Waals surface area contributed by atoms with Crippen molar-refractivity contribution in [3.05, 3.63) is 29.3 Å². The molecule has 1 aliphatic rings. The summed E-state index contributed by atoms with van der Waals surface area (Å²) < 4.78 is 10.7. The lowest BCUT2D eigenvalue weighted by molar-refractivity contribution is 0.104. The number of hydrogen-bond acceptors (Lipinski definition) is 4. The van der Waals surface area contributed by atoms with E-state index in [0.717, 1.165) is 25.3 Å². The highest BCUT2D eigenvalue weighted by atomic mass is 35.5. The van der Waals surface area contributed by atoms with Crippen molar-refractivity contribution in [2.45, 2.75) is 25.4 Å². The average molecular weight is 314 g/mol. The second kappa shape index (κ2) is 7.99. The zero-order valence-corrected chi connectivity index (χ0v) is 13.2. The summed E-state index contributed by atoms with van der Waals surface area (Å²) in [5.41, 5.74) is 0.396. The molecule has 0 radical (unpaired) electrons. The summed E-state index contributed by atoms with van der Waals surface area (Å²) in [6.07, 6.45) is 3.08. The van der Waals surface area contributed by atoms with Crippen LogP contribution in [0.3, 0.4) is 0 Å². The second-order valence-corrected chi connectivity index (χ2v) is 6.23. The Bertz CT molecular complexity index is 420. The normalized spacial score (nSPS) is 17.5. The van der Waals surface area contributed by atoms with Gasteiger partial charge in [-0.1, -0.05) is 11.6 Å². The van der Waals surface area contributed by atoms with Gasteiger partial charge in [0.2, 0.25) is 0 Å². The van der Waals surface area contributed by atoms with Crippen LogP contribution in [0.1, 0.15) is 19.3 Å². The maximum absolute atomic E-state index is 9.92. The first-order chi connectivity index (χ1) is 10.1. The Morgan fingerprint density at radius 3 is 2.67 bits per heavy atom. The van der Waals surface area contributed by atoms with Gasteiger partial charge in [-0.2, -0.15) is 0 Å². The van der Waals surface area contributed by atoms with Crippen LogP contribution in [0.25, 0.3) is 0 Å². The predicted molar refractivity (Wildman–Crippen MR) is 84.0 cm³/mol. The molecule has 1 fully saturated rings. The SMILES string of the molecule is COCCC1(CNCC(O)COc2ccc(Cl)cc2)CC1. The van der Waals surface area contributed by atoms with E-state index in [1.54, 1.807) is 31.4 Å². The third kappa shape index (κ3) is 5.83. The lowest BCUT2D eigenvalue weighted by atomic mass is 10.0. The van der Waals surface area contributed by atoms with E-state index in [1.165, 1.54) is 12.8 Å². The maximum Gasteiger partial charge on any atom is 0.119 e. The summed E-state index contributed by atoms with van der Waals surface area (Å²) in [5, 5.41) is 13.9. The Morgan fingerprint density at radius 1 is 1.33 bits per heavy atom. The Balaban J connectivity index is 1.59. The number of nitrogens with one attached hydrogen (secondary N) is 1. The van der Waals surface area contributed by atoms with Gasteiger partial charge in [0.05, 0.1) is 0 Å². The first kappa shape index (κ1) is 16.6. The van der Waals surface area contributed by atoms with Crippen molar-refractivity contribution in [3.63, 3.8) is 0 Å². The van der Waals surface area contributed by atoms with Gasteiger partial charge >= 0.3 is 0 Å². The van der Waals surface area contributed by atoms with Crippen molar-refractivity contribution >= 4 is 11.6 Å². The number of methoxy groups -OCH3 is 1. The molecule has 1 saturated carbocycles. The molecule has 0 heterocycles. The van der Waals surface area contributed by atoms with Gasteiger partial charge in [0, 0.05) is 31.8 Å². The number of halogens is 1. The molecule has 21 heavy (non-hydrogen) atoms. The Morgan fingerprint density at radius 2 is 2.05 bits per heavy atom. The molecular weight excluding hydrogens is 290 g/mol. The van der Waals surface area contributed by atoms with Crippen LogP contribution in [-0.2, 0) is 4.74 Å². The second-order valence-electron chi connectivity index (χ2n) is 5.79. The van der Waals surface area contributed by atoms with E-state index in [1.807, 2.05) is 0 Å². The quantitative estimate of drug-likeness (QED) is 0.697. The Labute approximate surface area is 131 Å². The summed E-state index contributed by atoms with van der Waals surface area (Å²) in [7, 11) is 1.74. The molecule has 1 atom stereocenters. The Hall–Kier alpha value is -0.810.